The molecule has 5 nitrogen and oxygen atoms in total. The number of carbonyl (C=O) groups excluding carboxylic acids is 1. The van der Waals surface area contributed by atoms with E-state index in [-0.39, 0.29) is 11.7 Å². The molecule has 8 heteroatoms. The van der Waals surface area contributed by atoms with Crippen molar-refractivity contribution < 1.29 is 14.6 Å². The third kappa shape index (κ3) is 4.49. The summed E-state index contributed by atoms with van der Waals surface area (Å²) in [5.41, 5.74) is 1.59. The van der Waals surface area contributed by atoms with Crippen molar-refractivity contribution in [2.24, 2.45) is 4.99 Å². The normalized spacial score (nSPS) is 17.2. The molecule has 27 heavy (non-hydrogen) atoms. The fraction of sp³-hybridized carbons (Fsp3) is 0.158. The van der Waals surface area contributed by atoms with E-state index in [1.165, 1.54) is 11.8 Å². The number of aromatic hydroxyl groups is 1. The van der Waals surface area contributed by atoms with Crippen LogP contribution in [0.15, 0.2) is 50.8 Å². The Morgan fingerprint density at radius 2 is 2.04 bits per heavy atom. The highest BCUT2D eigenvalue weighted by Gasteiger charge is 2.32. The van der Waals surface area contributed by atoms with Gasteiger partial charge in [0.25, 0.3) is 5.91 Å². The Bertz CT molecular complexity index is 921. The van der Waals surface area contributed by atoms with Crippen molar-refractivity contribution in [3.05, 3.63) is 54.9 Å². The zero-order valence-electron chi connectivity index (χ0n) is 14.6. The van der Waals surface area contributed by atoms with Crippen LogP contribution in [0.5, 0.6) is 11.5 Å². The number of benzene rings is 2. The molecule has 1 fully saturated rings. The van der Waals surface area contributed by atoms with Crippen LogP contribution in [0, 0.1) is 3.57 Å². The monoisotopic (exact) mass is 558 g/mol. The van der Waals surface area contributed by atoms with E-state index < -0.39 is 0 Å². The van der Waals surface area contributed by atoms with Crippen LogP contribution < -0.4 is 4.74 Å². The molecule has 1 aliphatic rings. The number of nitrogens with zero attached hydrogens (tertiary/aromatic N) is 2. The summed E-state index contributed by atoms with van der Waals surface area (Å²) in [7, 11) is 1.62. The second-order valence-corrected chi connectivity index (χ2v) is 8.61. The number of amides is 1. The number of hydrogen-bond donors (Lipinski definition) is 1. The van der Waals surface area contributed by atoms with Crippen molar-refractivity contribution in [2.45, 2.75) is 6.92 Å². The number of ether oxygens (including phenoxy) is 1. The molecule has 0 bridgehead atoms. The van der Waals surface area contributed by atoms with E-state index in [4.69, 9.17) is 4.74 Å². The molecule has 2 aromatic rings. The van der Waals surface area contributed by atoms with Gasteiger partial charge in [0, 0.05) is 6.54 Å². The van der Waals surface area contributed by atoms with E-state index in [9.17, 15) is 9.90 Å². The quantitative estimate of drug-likeness (QED) is 0.403. The number of thioether (sulfide) groups is 1. The summed E-state index contributed by atoms with van der Waals surface area (Å²) < 4.78 is 6.47. The maximum Gasteiger partial charge on any atom is 0.266 e. The van der Waals surface area contributed by atoms with E-state index in [2.05, 4.69) is 43.5 Å². The SMILES string of the molecule is CCN1C(=O)/C(=C\c2cc(Br)c(O)c(I)c2)SC1=Nc1ccc(OC)cc1. The van der Waals surface area contributed by atoms with Gasteiger partial charge in [-0.1, -0.05) is 0 Å². The maximum absolute atomic E-state index is 12.8. The highest BCUT2D eigenvalue weighted by Crippen LogP contribution is 2.36. The first-order chi connectivity index (χ1) is 12.9. The number of rotatable bonds is 4. The van der Waals surface area contributed by atoms with Gasteiger partial charge in [-0.3, -0.25) is 9.69 Å². The summed E-state index contributed by atoms with van der Waals surface area (Å²) in [5.74, 6) is 0.878. The van der Waals surface area contributed by atoms with Crippen LogP contribution in [-0.4, -0.2) is 34.7 Å². The lowest BCUT2D eigenvalue weighted by Gasteiger charge is -2.12. The van der Waals surface area contributed by atoms with Gasteiger partial charge >= 0.3 is 0 Å². The average Bonchev–Trinajstić information content (AvgIpc) is 2.94. The second-order valence-electron chi connectivity index (χ2n) is 5.59. The molecule has 0 spiro atoms. The van der Waals surface area contributed by atoms with Crippen molar-refractivity contribution in [1.82, 2.24) is 4.90 Å². The molecule has 0 atom stereocenters. The Morgan fingerprint density at radius 1 is 1.33 bits per heavy atom. The predicted octanol–water partition coefficient (Wildman–Crippen LogP) is 5.39. The molecule has 1 heterocycles. The summed E-state index contributed by atoms with van der Waals surface area (Å²) in [6, 6.07) is 11.0. The Morgan fingerprint density at radius 3 is 2.63 bits per heavy atom. The molecule has 1 amide bonds. The standard InChI is InChI=1S/C19H16BrIN2O3S/c1-3-23-18(25)16(10-11-8-14(20)17(24)15(21)9-11)27-19(23)22-12-4-6-13(26-2)7-5-12/h4-10,24H,3H2,1-2H3/b16-10+,22-19?. The second kappa shape index (κ2) is 8.66. The number of carbonyl (C=O) groups is 1. The number of phenolic OH excluding ortho intramolecular Hbond substituents is 1. The fourth-order valence-corrected chi connectivity index (χ4v) is 5.02. The molecule has 0 aromatic heterocycles. The molecule has 0 aliphatic carbocycles. The van der Waals surface area contributed by atoms with Crippen molar-refractivity contribution in [1.29, 1.82) is 0 Å². The summed E-state index contributed by atoms with van der Waals surface area (Å²) in [5, 5.41) is 10.5. The molecule has 3 rings (SSSR count). The largest absolute Gasteiger partial charge is 0.506 e. The van der Waals surface area contributed by atoms with Gasteiger partial charge in [-0.25, -0.2) is 4.99 Å². The molecule has 0 saturated carbocycles. The van der Waals surface area contributed by atoms with E-state index in [1.54, 1.807) is 18.1 Å². The highest BCUT2D eigenvalue weighted by atomic mass is 127. The molecule has 1 aliphatic heterocycles. The third-order valence-electron chi connectivity index (χ3n) is 3.84. The smallest absolute Gasteiger partial charge is 0.266 e. The first kappa shape index (κ1) is 20.2. The molecule has 1 N–H and O–H groups in total. The van der Waals surface area contributed by atoms with Crippen LogP contribution in [0.1, 0.15) is 12.5 Å². The van der Waals surface area contributed by atoms with Crippen molar-refractivity contribution in [2.75, 3.05) is 13.7 Å². The van der Waals surface area contributed by atoms with Crippen LogP contribution >= 0.6 is 50.3 Å². The molecule has 0 unspecified atom stereocenters. The molecule has 2 aromatic carbocycles. The van der Waals surface area contributed by atoms with Crippen LogP contribution in [0.25, 0.3) is 6.08 Å². The minimum Gasteiger partial charge on any atom is -0.506 e. The van der Waals surface area contributed by atoms with Crippen LogP contribution in [0.3, 0.4) is 0 Å². The van der Waals surface area contributed by atoms with Gasteiger partial charge in [-0.15, -0.1) is 0 Å². The molecule has 140 valence electrons. The third-order valence-corrected chi connectivity index (χ3v) is 6.27. The number of likely N-dealkylation sites (N-methyl/N-ethyl adjacent to an activating group) is 1. The lowest BCUT2D eigenvalue weighted by molar-refractivity contribution is -0.122. The number of phenols is 1. The Kier molecular flexibility index (Phi) is 6.48. The minimum absolute atomic E-state index is 0.0750. The number of aliphatic imine (C=N–C) groups is 1. The zero-order valence-corrected chi connectivity index (χ0v) is 19.1. The number of halogens is 2. The van der Waals surface area contributed by atoms with Gasteiger partial charge in [-0.05, 0) is 105 Å². The highest BCUT2D eigenvalue weighted by molar-refractivity contribution is 14.1. The van der Waals surface area contributed by atoms with E-state index in [0.717, 1.165) is 17.0 Å². The van der Waals surface area contributed by atoms with Crippen molar-refractivity contribution in [3.8, 4) is 11.5 Å². The molecular formula is C19H16BrIN2O3S. The van der Waals surface area contributed by atoms with Crippen LogP contribution in [-0.2, 0) is 4.79 Å². The van der Waals surface area contributed by atoms with Gasteiger partial charge in [-0.2, -0.15) is 0 Å². The Hall–Kier alpha value is -1.52. The van der Waals surface area contributed by atoms with Crippen molar-refractivity contribution in [3.63, 3.8) is 0 Å². The van der Waals surface area contributed by atoms with Gasteiger partial charge in [0.05, 0.1) is 25.7 Å². The van der Waals surface area contributed by atoms with Gasteiger partial charge in [0.1, 0.15) is 11.5 Å². The lowest BCUT2D eigenvalue weighted by atomic mass is 10.2. The maximum atomic E-state index is 12.8. The van der Waals surface area contributed by atoms with E-state index >= 15 is 0 Å². The van der Waals surface area contributed by atoms with Gasteiger partial charge in [0.2, 0.25) is 0 Å². The molecule has 0 radical (unpaired) electrons. The predicted molar refractivity (Wildman–Crippen MR) is 122 cm³/mol. The Balaban J connectivity index is 1.93. The first-order valence-corrected chi connectivity index (χ1v) is 10.7. The molecule has 1 saturated heterocycles. The lowest BCUT2D eigenvalue weighted by Crippen LogP contribution is -2.28. The summed E-state index contributed by atoms with van der Waals surface area (Å²) in [6.07, 6.45) is 1.82. The number of methoxy groups -OCH3 is 1. The summed E-state index contributed by atoms with van der Waals surface area (Å²) >= 11 is 6.74. The molecular weight excluding hydrogens is 543 g/mol. The van der Waals surface area contributed by atoms with Gasteiger partial charge in [0.15, 0.2) is 5.17 Å². The van der Waals surface area contributed by atoms with Crippen LogP contribution in [0.4, 0.5) is 5.69 Å². The van der Waals surface area contributed by atoms with E-state index in [1.807, 2.05) is 43.3 Å². The van der Waals surface area contributed by atoms with Crippen LogP contribution in [0.2, 0.25) is 0 Å². The summed E-state index contributed by atoms with van der Waals surface area (Å²) in [6.45, 7) is 2.46. The summed E-state index contributed by atoms with van der Waals surface area (Å²) in [4.78, 5) is 19.6. The van der Waals surface area contributed by atoms with E-state index in [0.29, 0.717) is 24.7 Å². The average molecular weight is 559 g/mol. The van der Waals surface area contributed by atoms with Gasteiger partial charge < -0.3 is 9.84 Å². The fourth-order valence-electron chi connectivity index (χ4n) is 2.46. The zero-order chi connectivity index (χ0) is 19.6. The van der Waals surface area contributed by atoms with Crippen molar-refractivity contribution >= 4 is 73.1 Å². The topological polar surface area (TPSA) is 62.1 Å². The number of amidine groups is 1. The minimum atomic E-state index is -0.0750. The Labute approximate surface area is 183 Å². The number of hydrogen-bond acceptors (Lipinski definition) is 5. The first-order valence-electron chi connectivity index (χ1n) is 8.05.